The number of carboxylic acids is 1. The van der Waals surface area contributed by atoms with Crippen molar-refractivity contribution in [2.45, 2.75) is 51.1 Å². The van der Waals surface area contributed by atoms with Gasteiger partial charge in [-0.25, -0.2) is 4.79 Å². The molecule has 2 aliphatic rings. The molecule has 2 N–H and O–H groups in total. The summed E-state index contributed by atoms with van der Waals surface area (Å²) in [5.74, 6) is -1.70. The molecule has 1 saturated heterocycles. The van der Waals surface area contributed by atoms with E-state index in [4.69, 9.17) is 5.11 Å². The van der Waals surface area contributed by atoms with Gasteiger partial charge in [0.15, 0.2) is 0 Å². The summed E-state index contributed by atoms with van der Waals surface area (Å²) in [4.78, 5) is 36.5. The Labute approximate surface area is 112 Å². The van der Waals surface area contributed by atoms with Crippen molar-refractivity contribution in [2.75, 3.05) is 6.54 Å². The molecule has 0 bridgehead atoms. The Kier molecular flexibility index (Phi) is 4.07. The Hall–Kier alpha value is -1.59. The van der Waals surface area contributed by atoms with Crippen LogP contribution in [0.25, 0.3) is 0 Å². The number of carbonyl (C=O) groups excluding carboxylic acids is 2. The smallest absolute Gasteiger partial charge is 0.326 e. The first kappa shape index (κ1) is 13.8. The monoisotopic (exact) mass is 268 g/mol. The number of rotatable bonds is 6. The minimum absolute atomic E-state index is 0.0185. The number of nitrogens with zero attached hydrogens (tertiary/aromatic N) is 1. The molecule has 106 valence electrons. The van der Waals surface area contributed by atoms with E-state index >= 15 is 0 Å². The van der Waals surface area contributed by atoms with E-state index in [0.717, 1.165) is 12.8 Å². The number of hydrogen-bond acceptors (Lipinski definition) is 3. The van der Waals surface area contributed by atoms with Crippen molar-refractivity contribution in [3.8, 4) is 0 Å². The molecule has 2 amide bonds. The van der Waals surface area contributed by atoms with Gasteiger partial charge in [-0.05, 0) is 19.3 Å². The zero-order chi connectivity index (χ0) is 14.0. The Morgan fingerprint density at radius 3 is 2.68 bits per heavy atom. The first-order chi connectivity index (χ1) is 9.02. The van der Waals surface area contributed by atoms with Crippen LogP contribution in [-0.4, -0.2) is 46.4 Å². The fourth-order valence-corrected chi connectivity index (χ4v) is 2.48. The molecule has 6 nitrogen and oxygen atoms in total. The molecule has 1 aliphatic heterocycles. The predicted molar refractivity (Wildman–Crippen MR) is 67.3 cm³/mol. The minimum Gasteiger partial charge on any atom is -0.480 e. The third-order valence-electron chi connectivity index (χ3n) is 3.71. The third-order valence-corrected chi connectivity index (χ3v) is 3.71. The largest absolute Gasteiger partial charge is 0.480 e. The van der Waals surface area contributed by atoms with E-state index in [1.54, 1.807) is 4.90 Å². The third kappa shape index (κ3) is 3.24. The van der Waals surface area contributed by atoms with Gasteiger partial charge in [-0.3, -0.25) is 9.59 Å². The normalized spacial score (nSPS) is 24.4. The first-order valence-electron chi connectivity index (χ1n) is 6.85. The SMILES string of the molecule is CCCC(NC(=O)C1CC(=O)N(C2CC2)C1)C(=O)O. The van der Waals surface area contributed by atoms with E-state index in [9.17, 15) is 14.4 Å². The summed E-state index contributed by atoms with van der Waals surface area (Å²) in [5.41, 5.74) is 0. The quantitative estimate of drug-likeness (QED) is 0.728. The number of aliphatic carboxylic acids is 1. The van der Waals surface area contributed by atoms with Crippen molar-refractivity contribution in [1.29, 1.82) is 0 Å². The van der Waals surface area contributed by atoms with Crippen LogP contribution in [0.15, 0.2) is 0 Å². The molecular formula is C13H20N2O4. The molecule has 19 heavy (non-hydrogen) atoms. The highest BCUT2D eigenvalue weighted by Crippen LogP contribution is 2.32. The van der Waals surface area contributed by atoms with Gasteiger partial charge in [0, 0.05) is 19.0 Å². The van der Waals surface area contributed by atoms with E-state index in [1.165, 1.54) is 0 Å². The van der Waals surface area contributed by atoms with Crippen LogP contribution in [0.1, 0.15) is 39.0 Å². The molecule has 0 aromatic rings. The van der Waals surface area contributed by atoms with Gasteiger partial charge in [-0.15, -0.1) is 0 Å². The summed E-state index contributed by atoms with van der Waals surface area (Å²) >= 11 is 0. The minimum atomic E-state index is -1.02. The van der Waals surface area contributed by atoms with Gasteiger partial charge in [0.2, 0.25) is 11.8 Å². The summed E-state index contributed by atoms with van der Waals surface area (Å²) in [5, 5.41) is 11.5. The molecule has 1 heterocycles. The Bertz CT molecular complexity index is 392. The molecule has 0 radical (unpaired) electrons. The Morgan fingerprint density at radius 2 is 2.16 bits per heavy atom. The zero-order valence-electron chi connectivity index (χ0n) is 11.1. The highest BCUT2D eigenvalue weighted by molar-refractivity contribution is 5.91. The fraction of sp³-hybridized carbons (Fsp3) is 0.769. The van der Waals surface area contributed by atoms with Crippen molar-refractivity contribution in [1.82, 2.24) is 10.2 Å². The number of amides is 2. The van der Waals surface area contributed by atoms with Gasteiger partial charge in [0.1, 0.15) is 6.04 Å². The molecule has 2 unspecified atom stereocenters. The molecular weight excluding hydrogens is 248 g/mol. The molecule has 1 aliphatic carbocycles. The van der Waals surface area contributed by atoms with Crippen LogP contribution in [0, 0.1) is 5.92 Å². The van der Waals surface area contributed by atoms with Crippen molar-refractivity contribution >= 4 is 17.8 Å². The second-order valence-electron chi connectivity index (χ2n) is 5.37. The van der Waals surface area contributed by atoms with Gasteiger partial charge in [-0.2, -0.15) is 0 Å². The summed E-state index contributed by atoms with van der Waals surface area (Å²) in [6.07, 6.45) is 3.35. The van der Waals surface area contributed by atoms with Crippen LogP contribution in [-0.2, 0) is 14.4 Å². The number of likely N-dealkylation sites (tertiary alicyclic amines) is 1. The molecule has 0 aromatic carbocycles. The second-order valence-corrected chi connectivity index (χ2v) is 5.37. The van der Waals surface area contributed by atoms with Gasteiger partial charge in [0.05, 0.1) is 5.92 Å². The van der Waals surface area contributed by atoms with Crippen molar-refractivity contribution < 1.29 is 19.5 Å². The average Bonchev–Trinajstić information content (AvgIpc) is 3.11. The van der Waals surface area contributed by atoms with E-state index in [2.05, 4.69) is 5.32 Å². The molecule has 0 aromatic heterocycles. The second kappa shape index (κ2) is 5.59. The Balaban J connectivity index is 1.89. The van der Waals surface area contributed by atoms with E-state index in [-0.39, 0.29) is 18.2 Å². The molecule has 0 spiro atoms. The number of nitrogens with one attached hydrogen (secondary N) is 1. The van der Waals surface area contributed by atoms with Crippen LogP contribution < -0.4 is 5.32 Å². The highest BCUT2D eigenvalue weighted by Gasteiger charge is 2.42. The lowest BCUT2D eigenvalue weighted by Crippen LogP contribution is -2.44. The molecule has 2 atom stereocenters. The van der Waals surface area contributed by atoms with Crippen molar-refractivity contribution in [3.05, 3.63) is 0 Å². The maximum Gasteiger partial charge on any atom is 0.326 e. The molecule has 2 fully saturated rings. The van der Waals surface area contributed by atoms with Crippen molar-refractivity contribution in [3.63, 3.8) is 0 Å². The zero-order valence-corrected chi connectivity index (χ0v) is 11.1. The van der Waals surface area contributed by atoms with Gasteiger partial charge in [-0.1, -0.05) is 13.3 Å². The standard InChI is InChI=1S/C13H20N2O4/c1-2-3-10(13(18)19)14-12(17)8-6-11(16)15(7-8)9-4-5-9/h8-10H,2-7H2,1H3,(H,14,17)(H,18,19). The van der Waals surface area contributed by atoms with Crippen LogP contribution in [0.5, 0.6) is 0 Å². The van der Waals surface area contributed by atoms with Crippen LogP contribution in [0.3, 0.4) is 0 Å². The maximum absolute atomic E-state index is 12.0. The van der Waals surface area contributed by atoms with E-state index in [1.807, 2.05) is 6.92 Å². The number of carbonyl (C=O) groups is 3. The lowest BCUT2D eigenvalue weighted by atomic mass is 10.1. The van der Waals surface area contributed by atoms with Crippen molar-refractivity contribution in [2.24, 2.45) is 5.92 Å². The number of carboxylic acid groups (broad SMARTS) is 1. The van der Waals surface area contributed by atoms with Gasteiger partial charge < -0.3 is 15.3 Å². The van der Waals surface area contributed by atoms with Gasteiger partial charge in [0.25, 0.3) is 0 Å². The van der Waals surface area contributed by atoms with Crippen LogP contribution >= 0.6 is 0 Å². The topological polar surface area (TPSA) is 86.7 Å². The van der Waals surface area contributed by atoms with Crippen LogP contribution in [0.2, 0.25) is 0 Å². The van der Waals surface area contributed by atoms with E-state index < -0.39 is 17.9 Å². The highest BCUT2D eigenvalue weighted by atomic mass is 16.4. The molecule has 2 rings (SSSR count). The molecule has 1 saturated carbocycles. The Morgan fingerprint density at radius 1 is 1.47 bits per heavy atom. The summed E-state index contributed by atoms with van der Waals surface area (Å²) in [6, 6.07) is -0.529. The lowest BCUT2D eigenvalue weighted by molar-refractivity contribution is -0.142. The summed E-state index contributed by atoms with van der Waals surface area (Å²) in [7, 11) is 0. The average molecular weight is 268 g/mol. The first-order valence-corrected chi connectivity index (χ1v) is 6.85. The lowest BCUT2D eigenvalue weighted by Gasteiger charge is -2.17. The van der Waals surface area contributed by atoms with Gasteiger partial charge >= 0.3 is 5.97 Å². The maximum atomic E-state index is 12.0. The van der Waals surface area contributed by atoms with Crippen LogP contribution in [0.4, 0.5) is 0 Å². The predicted octanol–water partition coefficient (Wildman–Crippen LogP) is 0.367. The fourth-order valence-electron chi connectivity index (χ4n) is 2.48. The summed E-state index contributed by atoms with van der Waals surface area (Å²) < 4.78 is 0. The molecule has 6 heteroatoms. The van der Waals surface area contributed by atoms with E-state index in [0.29, 0.717) is 25.4 Å². The summed E-state index contributed by atoms with van der Waals surface area (Å²) in [6.45, 7) is 2.31. The number of hydrogen-bond donors (Lipinski definition) is 2.